The smallest absolute Gasteiger partial charge is 0.164 e. The monoisotopic (exact) mass is 592 g/mol. The van der Waals surface area contributed by atoms with Gasteiger partial charge in [-0.1, -0.05) is 88.2 Å². The molecule has 7 rings (SSSR count). The molecular weight excluding hydrogens is 557 g/mol. The number of hydrogen-bond acceptors (Lipinski definition) is 5. The highest BCUT2D eigenvalue weighted by Gasteiger charge is 2.36. The Morgan fingerprint density at radius 1 is 0.705 bits per heavy atom. The van der Waals surface area contributed by atoms with Crippen LogP contribution in [0.3, 0.4) is 0 Å². The van der Waals surface area contributed by atoms with Crippen molar-refractivity contribution in [1.29, 1.82) is 5.26 Å². The van der Waals surface area contributed by atoms with Gasteiger partial charge in [-0.25, -0.2) is 15.0 Å². The fourth-order valence-electron chi connectivity index (χ4n) is 7.23. The van der Waals surface area contributed by atoms with Crippen LogP contribution in [0.5, 0.6) is 0 Å². The van der Waals surface area contributed by atoms with Crippen molar-refractivity contribution in [2.45, 2.75) is 58.3 Å². The molecule has 0 saturated heterocycles. The van der Waals surface area contributed by atoms with Crippen LogP contribution in [0, 0.1) is 23.2 Å². The van der Waals surface area contributed by atoms with Crippen LogP contribution in [-0.4, -0.2) is 15.0 Å². The van der Waals surface area contributed by atoms with E-state index in [0.29, 0.717) is 23.0 Å². The molecule has 5 heteroatoms. The minimum absolute atomic E-state index is 0.220. The Hall–Kier alpha value is -4.40. The van der Waals surface area contributed by atoms with Gasteiger partial charge in [0.2, 0.25) is 0 Å². The topological polar surface area (TPSA) is 62.5 Å². The molecule has 0 aliphatic heterocycles. The predicted octanol–water partition coefficient (Wildman–Crippen LogP) is 10.6. The number of benzene rings is 4. The Balaban J connectivity index is 1.33. The molecule has 0 bridgehead atoms. The maximum atomic E-state index is 9.50. The van der Waals surface area contributed by atoms with Crippen LogP contribution >= 0.6 is 11.3 Å². The fraction of sp³-hybridized carbons (Fsp3) is 0.282. The highest BCUT2D eigenvalue weighted by molar-refractivity contribution is 7.25. The third-order valence-corrected chi connectivity index (χ3v) is 10.7. The normalized spacial score (nSPS) is 20.4. The Morgan fingerprint density at radius 3 is 1.86 bits per heavy atom. The predicted molar refractivity (Wildman–Crippen MR) is 183 cm³/mol. The Kier molecular flexibility index (Phi) is 7.48. The summed E-state index contributed by atoms with van der Waals surface area (Å²) in [6.07, 6.45) is 6.30. The molecule has 3 atom stereocenters. The third kappa shape index (κ3) is 5.29. The zero-order valence-corrected chi connectivity index (χ0v) is 26.4. The molecule has 1 fully saturated rings. The van der Waals surface area contributed by atoms with E-state index in [9.17, 15) is 5.26 Å². The van der Waals surface area contributed by atoms with E-state index >= 15 is 0 Å². The van der Waals surface area contributed by atoms with Crippen molar-refractivity contribution in [3.63, 3.8) is 0 Å². The van der Waals surface area contributed by atoms with Gasteiger partial charge in [-0.3, -0.25) is 0 Å². The first-order valence-corrected chi connectivity index (χ1v) is 16.6. The van der Waals surface area contributed by atoms with Crippen LogP contribution in [0.1, 0.15) is 64.0 Å². The first kappa shape index (κ1) is 28.4. The van der Waals surface area contributed by atoms with Crippen molar-refractivity contribution in [3.05, 3.63) is 102 Å². The largest absolute Gasteiger partial charge is 0.208 e. The zero-order valence-electron chi connectivity index (χ0n) is 25.5. The Morgan fingerprint density at radius 2 is 1.25 bits per heavy atom. The lowest BCUT2D eigenvalue weighted by molar-refractivity contribution is 0.295. The molecule has 0 amide bonds. The molecule has 1 aliphatic rings. The molecule has 1 unspecified atom stereocenters. The highest BCUT2D eigenvalue weighted by atomic mass is 32.1. The van der Waals surface area contributed by atoms with Gasteiger partial charge < -0.3 is 0 Å². The number of aromatic nitrogens is 3. The van der Waals surface area contributed by atoms with Gasteiger partial charge in [0.05, 0.1) is 11.6 Å². The van der Waals surface area contributed by atoms with Gasteiger partial charge in [0, 0.05) is 36.9 Å². The standard InChI is InChI=1S/C39H36N4S/c1-4-39(22-25(2)10-11-26(3)23-39)31-16-13-29(14-17-31)37-41-36(28-8-6-5-7-9-28)42-38(43-37)30-15-19-35-33(21-30)32-20-27(24-40)12-18-34(32)44-35/h5-9,12-21,25-26H,4,10-11,22-23H2,1-3H3/t25-,26+,39?. The third-order valence-electron chi connectivity index (χ3n) is 9.59. The summed E-state index contributed by atoms with van der Waals surface area (Å²) in [4.78, 5) is 15.0. The van der Waals surface area contributed by atoms with Gasteiger partial charge in [0.15, 0.2) is 17.5 Å². The molecule has 218 valence electrons. The minimum Gasteiger partial charge on any atom is -0.208 e. The number of thiophene rings is 1. The Bertz CT molecular complexity index is 1990. The molecule has 2 heterocycles. The van der Waals surface area contributed by atoms with E-state index < -0.39 is 0 Å². The molecule has 4 aromatic carbocycles. The van der Waals surface area contributed by atoms with Crippen molar-refractivity contribution in [2.24, 2.45) is 11.8 Å². The van der Waals surface area contributed by atoms with E-state index in [-0.39, 0.29) is 5.41 Å². The van der Waals surface area contributed by atoms with Gasteiger partial charge in [-0.2, -0.15) is 5.26 Å². The van der Waals surface area contributed by atoms with E-state index in [4.69, 9.17) is 15.0 Å². The molecule has 2 aromatic heterocycles. The van der Waals surface area contributed by atoms with Crippen LogP contribution in [-0.2, 0) is 5.41 Å². The number of nitriles is 1. The van der Waals surface area contributed by atoms with E-state index in [1.165, 1.54) is 40.6 Å². The number of fused-ring (bicyclic) bond motifs is 3. The van der Waals surface area contributed by atoms with Crippen LogP contribution in [0.2, 0.25) is 0 Å². The van der Waals surface area contributed by atoms with E-state index in [2.05, 4.69) is 69.3 Å². The summed E-state index contributed by atoms with van der Waals surface area (Å²) in [6.45, 7) is 7.21. The number of nitrogens with zero attached hydrogens (tertiary/aromatic N) is 4. The van der Waals surface area contributed by atoms with Crippen LogP contribution < -0.4 is 0 Å². The van der Waals surface area contributed by atoms with E-state index in [1.807, 2.05) is 48.5 Å². The molecule has 1 saturated carbocycles. The minimum atomic E-state index is 0.220. The molecule has 4 nitrogen and oxygen atoms in total. The van der Waals surface area contributed by atoms with Gasteiger partial charge >= 0.3 is 0 Å². The quantitative estimate of drug-likeness (QED) is 0.187. The second kappa shape index (κ2) is 11.6. The van der Waals surface area contributed by atoms with Crippen molar-refractivity contribution in [2.75, 3.05) is 0 Å². The van der Waals surface area contributed by atoms with Gasteiger partial charge in [0.1, 0.15) is 0 Å². The van der Waals surface area contributed by atoms with Crippen LogP contribution in [0.4, 0.5) is 0 Å². The second-order valence-corrected chi connectivity index (χ2v) is 13.8. The summed E-state index contributed by atoms with van der Waals surface area (Å²) in [5.41, 5.74) is 5.21. The van der Waals surface area contributed by atoms with Crippen LogP contribution in [0.15, 0.2) is 91.0 Å². The first-order chi connectivity index (χ1) is 21.4. The van der Waals surface area contributed by atoms with Gasteiger partial charge in [-0.05, 0) is 78.5 Å². The average Bonchev–Trinajstić information content (AvgIpc) is 3.36. The van der Waals surface area contributed by atoms with Crippen molar-refractivity contribution in [3.8, 4) is 40.2 Å². The SMILES string of the molecule is CCC1(c2ccc(-c3nc(-c4ccccc4)nc(-c4ccc5sc6ccc(C#N)cc6c5c4)n3)cc2)C[C@H](C)CC[C@H](C)C1. The van der Waals surface area contributed by atoms with Gasteiger partial charge in [0.25, 0.3) is 0 Å². The maximum absolute atomic E-state index is 9.50. The lowest BCUT2D eigenvalue weighted by atomic mass is 9.69. The fourth-order valence-corrected chi connectivity index (χ4v) is 8.30. The summed E-state index contributed by atoms with van der Waals surface area (Å²) in [5.74, 6) is 3.46. The molecule has 0 spiro atoms. The molecular formula is C39H36N4S. The number of hydrogen-bond donors (Lipinski definition) is 0. The molecule has 1 aliphatic carbocycles. The van der Waals surface area contributed by atoms with Crippen molar-refractivity contribution >= 4 is 31.5 Å². The summed E-state index contributed by atoms with van der Waals surface area (Å²) in [5, 5.41) is 11.7. The molecule has 44 heavy (non-hydrogen) atoms. The highest BCUT2D eigenvalue weighted by Crippen LogP contribution is 2.45. The van der Waals surface area contributed by atoms with Gasteiger partial charge in [-0.15, -0.1) is 11.3 Å². The van der Waals surface area contributed by atoms with Crippen LogP contribution in [0.25, 0.3) is 54.3 Å². The van der Waals surface area contributed by atoms with Crippen molar-refractivity contribution < 1.29 is 0 Å². The summed E-state index contributed by atoms with van der Waals surface area (Å²) in [6, 6.07) is 33.8. The lowest BCUT2D eigenvalue weighted by Crippen LogP contribution is -2.28. The Labute approximate surface area is 263 Å². The second-order valence-electron chi connectivity index (χ2n) is 12.7. The summed E-state index contributed by atoms with van der Waals surface area (Å²) in [7, 11) is 0. The summed E-state index contributed by atoms with van der Waals surface area (Å²) >= 11 is 1.74. The lowest BCUT2D eigenvalue weighted by Gasteiger charge is -2.35. The maximum Gasteiger partial charge on any atom is 0.164 e. The van der Waals surface area contributed by atoms with E-state index in [0.717, 1.165) is 45.7 Å². The molecule has 0 N–H and O–H groups in total. The average molecular weight is 593 g/mol. The number of rotatable bonds is 5. The zero-order chi connectivity index (χ0) is 30.3. The molecule has 0 radical (unpaired) electrons. The summed E-state index contributed by atoms with van der Waals surface area (Å²) < 4.78 is 2.35. The molecule has 6 aromatic rings. The van der Waals surface area contributed by atoms with Crippen molar-refractivity contribution in [1.82, 2.24) is 15.0 Å². The van der Waals surface area contributed by atoms with E-state index in [1.54, 1.807) is 11.3 Å². The first-order valence-electron chi connectivity index (χ1n) is 15.7.